The van der Waals surface area contributed by atoms with Crippen molar-refractivity contribution in [2.75, 3.05) is 59.9 Å². The number of nitrogens with one attached hydrogen (secondary N) is 1. The molecular weight excluding hydrogens is 264 g/mol. The number of ether oxygens (including phenoxy) is 4. The molecule has 0 radical (unpaired) electrons. The Morgan fingerprint density at radius 2 is 1.40 bits per heavy atom. The van der Waals surface area contributed by atoms with E-state index < -0.39 is 5.54 Å². The lowest BCUT2D eigenvalue weighted by atomic mass is 10.1. The van der Waals surface area contributed by atoms with E-state index in [2.05, 4.69) is 5.32 Å². The Morgan fingerprint density at radius 1 is 0.950 bits per heavy atom. The second-order valence-electron chi connectivity index (χ2n) is 4.81. The molecule has 0 aliphatic carbocycles. The van der Waals surface area contributed by atoms with Gasteiger partial charge in [0.2, 0.25) is 5.91 Å². The van der Waals surface area contributed by atoms with Crippen LogP contribution in [0, 0.1) is 0 Å². The van der Waals surface area contributed by atoms with Crippen LogP contribution in [0.15, 0.2) is 0 Å². The second-order valence-corrected chi connectivity index (χ2v) is 4.81. The Hall–Kier alpha value is -0.730. The van der Waals surface area contributed by atoms with Crippen molar-refractivity contribution in [3.05, 3.63) is 0 Å². The molecule has 7 nitrogen and oxygen atoms in total. The molecule has 0 saturated heterocycles. The summed E-state index contributed by atoms with van der Waals surface area (Å²) in [5.74, 6) is -0.189. The van der Waals surface area contributed by atoms with Gasteiger partial charge >= 0.3 is 0 Å². The lowest BCUT2D eigenvalue weighted by Gasteiger charge is -2.17. The fraction of sp³-hybridized carbons (Fsp3) is 0.923. The Morgan fingerprint density at radius 3 is 1.85 bits per heavy atom. The molecule has 7 heteroatoms. The quantitative estimate of drug-likeness (QED) is 0.446. The van der Waals surface area contributed by atoms with Crippen molar-refractivity contribution in [2.45, 2.75) is 19.4 Å². The van der Waals surface area contributed by atoms with Gasteiger partial charge in [-0.25, -0.2) is 0 Å². The molecule has 0 saturated carbocycles. The molecule has 0 fully saturated rings. The van der Waals surface area contributed by atoms with Gasteiger partial charge in [-0.05, 0) is 13.8 Å². The van der Waals surface area contributed by atoms with Crippen molar-refractivity contribution in [3.63, 3.8) is 0 Å². The maximum absolute atomic E-state index is 11.4. The molecule has 0 spiro atoms. The smallest absolute Gasteiger partial charge is 0.239 e. The maximum atomic E-state index is 11.4. The summed E-state index contributed by atoms with van der Waals surface area (Å²) in [5.41, 5.74) is 4.77. The predicted molar refractivity (Wildman–Crippen MR) is 75.6 cm³/mol. The van der Waals surface area contributed by atoms with Gasteiger partial charge in [0.25, 0.3) is 0 Å². The summed E-state index contributed by atoms with van der Waals surface area (Å²) in [7, 11) is 1.63. The number of amides is 1. The van der Waals surface area contributed by atoms with Crippen molar-refractivity contribution in [1.82, 2.24) is 5.32 Å². The highest BCUT2D eigenvalue weighted by Crippen LogP contribution is 1.94. The number of hydrogen-bond donors (Lipinski definition) is 2. The lowest BCUT2D eigenvalue weighted by molar-refractivity contribution is -0.125. The van der Waals surface area contributed by atoms with E-state index in [1.54, 1.807) is 21.0 Å². The zero-order chi connectivity index (χ0) is 15.3. The normalized spacial score (nSPS) is 11.6. The number of carbonyl (C=O) groups excluding carboxylic acids is 1. The van der Waals surface area contributed by atoms with Crippen molar-refractivity contribution >= 4 is 5.91 Å². The van der Waals surface area contributed by atoms with Gasteiger partial charge in [0, 0.05) is 13.7 Å². The molecule has 3 N–H and O–H groups in total. The third-order valence-electron chi connectivity index (χ3n) is 2.29. The van der Waals surface area contributed by atoms with Crippen LogP contribution in [0.4, 0.5) is 0 Å². The summed E-state index contributed by atoms with van der Waals surface area (Å²) < 4.78 is 20.7. The molecule has 0 atom stereocenters. The van der Waals surface area contributed by atoms with Crippen LogP contribution in [0.2, 0.25) is 0 Å². The maximum Gasteiger partial charge on any atom is 0.239 e. The molecule has 0 aliphatic heterocycles. The highest BCUT2D eigenvalue weighted by atomic mass is 16.6. The first-order valence-corrected chi connectivity index (χ1v) is 6.78. The lowest BCUT2D eigenvalue weighted by Crippen LogP contribution is -2.49. The molecule has 0 heterocycles. The summed E-state index contributed by atoms with van der Waals surface area (Å²) in [5, 5.41) is 2.69. The Balaban J connectivity index is 3.16. The zero-order valence-corrected chi connectivity index (χ0v) is 12.8. The molecule has 0 aliphatic rings. The van der Waals surface area contributed by atoms with E-state index in [1.165, 1.54) is 0 Å². The molecule has 0 rings (SSSR count). The number of carbonyl (C=O) groups is 1. The summed E-state index contributed by atoms with van der Waals surface area (Å²) in [6.07, 6.45) is 0. The first-order chi connectivity index (χ1) is 9.48. The highest BCUT2D eigenvalue weighted by molar-refractivity contribution is 5.84. The standard InChI is InChI=1S/C13H28N2O5/c1-13(2,14)12(16)15-4-5-18-8-9-20-11-10-19-7-6-17-3/h4-11,14H2,1-3H3,(H,15,16). The van der Waals surface area contributed by atoms with Gasteiger partial charge in [0.1, 0.15) is 0 Å². The molecular formula is C13H28N2O5. The Kier molecular flexibility index (Phi) is 11.6. The molecule has 0 aromatic heterocycles. The van der Waals surface area contributed by atoms with E-state index in [9.17, 15) is 4.79 Å². The van der Waals surface area contributed by atoms with E-state index in [0.717, 1.165) is 0 Å². The van der Waals surface area contributed by atoms with E-state index in [4.69, 9.17) is 24.7 Å². The topological polar surface area (TPSA) is 92.0 Å². The molecule has 20 heavy (non-hydrogen) atoms. The third-order valence-corrected chi connectivity index (χ3v) is 2.29. The molecule has 0 bridgehead atoms. The van der Waals surface area contributed by atoms with Crippen molar-refractivity contribution in [2.24, 2.45) is 5.73 Å². The van der Waals surface area contributed by atoms with Crippen LogP contribution in [0.1, 0.15) is 13.8 Å². The monoisotopic (exact) mass is 292 g/mol. The summed E-state index contributed by atoms with van der Waals surface area (Å²) >= 11 is 0. The fourth-order valence-electron chi connectivity index (χ4n) is 1.15. The van der Waals surface area contributed by atoms with E-state index >= 15 is 0 Å². The fourth-order valence-corrected chi connectivity index (χ4v) is 1.15. The van der Waals surface area contributed by atoms with Gasteiger partial charge in [-0.3, -0.25) is 4.79 Å². The average molecular weight is 292 g/mol. The van der Waals surface area contributed by atoms with E-state index in [1.807, 2.05) is 0 Å². The Bertz CT molecular complexity index is 243. The molecule has 0 unspecified atom stereocenters. The minimum Gasteiger partial charge on any atom is -0.382 e. The van der Waals surface area contributed by atoms with Crippen LogP contribution in [-0.4, -0.2) is 71.3 Å². The minimum absolute atomic E-state index is 0.189. The summed E-state index contributed by atoms with van der Waals surface area (Å²) in [6.45, 7) is 7.44. The Labute approximate surface area is 121 Å². The molecule has 120 valence electrons. The van der Waals surface area contributed by atoms with Crippen LogP contribution < -0.4 is 11.1 Å². The first kappa shape index (κ1) is 19.3. The SMILES string of the molecule is COCCOCCOCCOCCNC(=O)C(C)(C)N. The number of rotatable bonds is 13. The van der Waals surface area contributed by atoms with Gasteiger partial charge < -0.3 is 30.0 Å². The van der Waals surface area contributed by atoms with Crippen molar-refractivity contribution in [3.8, 4) is 0 Å². The molecule has 1 amide bonds. The third kappa shape index (κ3) is 12.3. The molecule has 0 aromatic carbocycles. The zero-order valence-electron chi connectivity index (χ0n) is 12.8. The van der Waals surface area contributed by atoms with Crippen LogP contribution in [0.25, 0.3) is 0 Å². The highest BCUT2D eigenvalue weighted by Gasteiger charge is 2.20. The van der Waals surface area contributed by atoms with E-state index in [-0.39, 0.29) is 5.91 Å². The van der Waals surface area contributed by atoms with E-state index in [0.29, 0.717) is 52.8 Å². The van der Waals surface area contributed by atoms with Gasteiger partial charge in [-0.15, -0.1) is 0 Å². The first-order valence-electron chi connectivity index (χ1n) is 6.78. The van der Waals surface area contributed by atoms with Crippen molar-refractivity contribution in [1.29, 1.82) is 0 Å². The largest absolute Gasteiger partial charge is 0.382 e. The number of hydrogen-bond acceptors (Lipinski definition) is 6. The van der Waals surface area contributed by atoms with Gasteiger partial charge in [0.05, 0.1) is 51.8 Å². The molecule has 0 aromatic rings. The van der Waals surface area contributed by atoms with Crippen LogP contribution in [0.5, 0.6) is 0 Å². The van der Waals surface area contributed by atoms with Crippen molar-refractivity contribution < 1.29 is 23.7 Å². The van der Waals surface area contributed by atoms with Gasteiger partial charge in [0.15, 0.2) is 0 Å². The van der Waals surface area contributed by atoms with Gasteiger partial charge in [-0.2, -0.15) is 0 Å². The number of methoxy groups -OCH3 is 1. The van der Waals surface area contributed by atoms with Gasteiger partial charge in [-0.1, -0.05) is 0 Å². The minimum atomic E-state index is -0.855. The summed E-state index contributed by atoms with van der Waals surface area (Å²) in [6, 6.07) is 0. The van der Waals surface area contributed by atoms with Crippen LogP contribution in [0.3, 0.4) is 0 Å². The van der Waals surface area contributed by atoms with Crippen LogP contribution in [-0.2, 0) is 23.7 Å². The van der Waals surface area contributed by atoms with Crippen LogP contribution >= 0.6 is 0 Å². The second kappa shape index (κ2) is 12.0. The average Bonchev–Trinajstić information content (AvgIpc) is 2.38. The predicted octanol–water partition coefficient (Wildman–Crippen LogP) is -0.464. The number of nitrogens with two attached hydrogens (primary N) is 1. The summed E-state index contributed by atoms with van der Waals surface area (Å²) in [4.78, 5) is 11.4.